The van der Waals surface area contributed by atoms with Crippen LogP contribution in [0.4, 0.5) is 0 Å². The SMILES string of the molecule is O=C(O)c1ccccc1C(=O)CC(c1ccc(Cl)cc1Cl)C1CCCCC1=O. The van der Waals surface area contributed by atoms with Gasteiger partial charge in [0.25, 0.3) is 0 Å². The first-order chi connectivity index (χ1) is 13.4. The van der Waals surface area contributed by atoms with E-state index in [9.17, 15) is 19.5 Å². The maximum absolute atomic E-state index is 13.0. The molecule has 0 radical (unpaired) electrons. The van der Waals surface area contributed by atoms with Crippen LogP contribution in [0.2, 0.25) is 10.0 Å². The van der Waals surface area contributed by atoms with E-state index in [1.165, 1.54) is 12.1 Å². The van der Waals surface area contributed by atoms with Gasteiger partial charge in [-0.3, -0.25) is 9.59 Å². The molecule has 2 atom stereocenters. The number of hydrogen-bond donors (Lipinski definition) is 1. The van der Waals surface area contributed by atoms with E-state index in [1.54, 1.807) is 30.3 Å². The van der Waals surface area contributed by atoms with Gasteiger partial charge in [0.2, 0.25) is 0 Å². The van der Waals surface area contributed by atoms with Crippen molar-refractivity contribution in [2.75, 3.05) is 0 Å². The second kappa shape index (κ2) is 8.89. The minimum Gasteiger partial charge on any atom is -0.478 e. The van der Waals surface area contributed by atoms with E-state index in [0.29, 0.717) is 28.5 Å². The standard InChI is InChI=1S/C22H20Cl2O4/c23-13-9-10-14(19(24)11-13)18(16-6-3-4-8-20(16)25)12-21(26)15-5-1-2-7-17(15)22(27)28/h1-2,5,7,9-11,16,18H,3-4,6,8,12H2,(H,27,28). The summed E-state index contributed by atoms with van der Waals surface area (Å²) in [5.41, 5.74) is 0.809. The van der Waals surface area contributed by atoms with Crippen molar-refractivity contribution in [1.29, 1.82) is 0 Å². The van der Waals surface area contributed by atoms with Crippen molar-refractivity contribution in [3.63, 3.8) is 0 Å². The largest absolute Gasteiger partial charge is 0.478 e. The summed E-state index contributed by atoms with van der Waals surface area (Å²) in [6.45, 7) is 0. The van der Waals surface area contributed by atoms with Gasteiger partial charge in [-0.25, -0.2) is 4.79 Å². The Bertz CT molecular complexity index is 923. The van der Waals surface area contributed by atoms with E-state index in [4.69, 9.17) is 23.2 Å². The number of benzene rings is 2. The second-order valence-electron chi connectivity index (χ2n) is 7.07. The lowest BCUT2D eigenvalue weighted by Crippen LogP contribution is -2.28. The minimum absolute atomic E-state index is 0.0159. The summed E-state index contributed by atoms with van der Waals surface area (Å²) in [5.74, 6) is -2.06. The summed E-state index contributed by atoms with van der Waals surface area (Å²) in [6, 6.07) is 11.2. The summed E-state index contributed by atoms with van der Waals surface area (Å²) in [7, 11) is 0. The third kappa shape index (κ3) is 4.45. The van der Waals surface area contributed by atoms with Gasteiger partial charge < -0.3 is 5.11 Å². The van der Waals surface area contributed by atoms with Gasteiger partial charge in [-0.05, 0) is 36.6 Å². The topological polar surface area (TPSA) is 71.4 Å². The molecular formula is C22H20Cl2O4. The van der Waals surface area contributed by atoms with E-state index in [0.717, 1.165) is 12.8 Å². The van der Waals surface area contributed by atoms with Gasteiger partial charge in [-0.15, -0.1) is 0 Å². The highest BCUT2D eigenvalue weighted by atomic mass is 35.5. The molecule has 0 aliphatic heterocycles. The minimum atomic E-state index is -1.15. The number of Topliss-reactive ketones (excluding diaryl/α,β-unsaturated/α-hetero) is 2. The van der Waals surface area contributed by atoms with Crippen LogP contribution < -0.4 is 0 Å². The molecule has 146 valence electrons. The fraction of sp³-hybridized carbons (Fsp3) is 0.318. The number of halogens is 2. The third-order valence-electron chi connectivity index (χ3n) is 5.31. The smallest absolute Gasteiger partial charge is 0.336 e. The number of carboxylic acids is 1. The van der Waals surface area contributed by atoms with Gasteiger partial charge in [0.05, 0.1) is 5.56 Å². The maximum atomic E-state index is 13.0. The van der Waals surface area contributed by atoms with Gasteiger partial charge in [-0.2, -0.15) is 0 Å². The number of aromatic carboxylic acids is 1. The molecule has 0 amide bonds. The molecular weight excluding hydrogens is 399 g/mol. The Hall–Kier alpha value is -2.17. The molecule has 0 heterocycles. The Morgan fingerprint density at radius 2 is 1.79 bits per heavy atom. The van der Waals surface area contributed by atoms with E-state index in [2.05, 4.69) is 0 Å². The lowest BCUT2D eigenvalue weighted by molar-refractivity contribution is -0.125. The molecule has 2 aromatic rings. The van der Waals surface area contributed by atoms with Crippen molar-refractivity contribution in [3.8, 4) is 0 Å². The Balaban J connectivity index is 1.99. The zero-order valence-corrected chi connectivity index (χ0v) is 16.7. The van der Waals surface area contributed by atoms with Crippen LogP contribution in [0.15, 0.2) is 42.5 Å². The maximum Gasteiger partial charge on any atom is 0.336 e. The van der Waals surface area contributed by atoms with Crippen LogP contribution in [-0.4, -0.2) is 22.6 Å². The molecule has 2 unspecified atom stereocenters. The van der Waals surface area contributed by atoms with Crippen LogP contribution in [0.1, 0.15) is 64.3 Å². The number of carboxylic acid groups (broad SMARTS) is 1. The predicted molar refractivity (Wildman–Crippen MR) is 109 cm³/mol. The Morgan fingerprint density at radius 1 is 1.07 bits per heavy atom. The fourth-order valence-electron chi connectivity index (χ4n) is 3.93. The van der Waals surface area contributed by atoms with Gasteiger partial charge >= 0.3 is 5.97 Å². The third-order valence-corrected chi connectivity index (χ3v) is 5.88. The van der Waals surface area contributed by atoms with Crippen molar-refractivity contribution >= 4 is 40.7 Å². The average molecular weight is 419 g/mol. The highest BCUT2D eigenvalue weighted by molar-refractivity contribution is 6.35. The molecule has 0 aromatic heterocycles. The number of carbonyl (C=O) groups is 3. The molecule has 0 bridgehead atoms. The first kappa shape index (κ1) is 20.6. The van der Waals surface area contributed by atoms with Crippen molar-refractivity contribution < 1.29 is 19.5 Å². The highest BCUT2D eigenvalue weighted by Crippen LogP contribution is 2.40. The predicted octanol–water partition coefficient (Wildman–Crippen LogP) is 5.81. The normalized spacial score (nSPS) is 17.9. The van der Waals surface area contributed by atoms with Crippen LogP contribution in [0.25, 0.3) is 0 Å². The quantitative estimate of drug-likeness (QED) is 0.600. The molecule has 6 heteroatoms. The first-order valence-corrected chi connectivity index (χ1v) is 9.97. The van der Waals surface area contributed by atoms with Crippen molar-refractivity contribution in [2.45, 2.75) is 38.0 Å². The molecule has 1 fully saturated rings. The summed E-state index contributed by atoms with van der Waals surface area (Å²) in [5, 5.41) is 10.3. The Labute approximate surface area is 173 Å². The van der Waals surface area contributed by atoms with Gasteiger partial charge in [0.1, 0.15) is 5.78 Å². The van der Waals surface area contributed by atoms with Crippen LogP contribution >= 0.6 is 23.2 Å². The summed E-state index contributed by atoms with van der Waals surface area (Å²) >= 11 is 12.4. The zero-order chi connectivity index (χ0) is 20.3. The van der Waals surface area contributed by atoms with Gasteiger partial charge in [0.15, 0.2) is 5.78 Å². The van der Waals surface area contributed by atoms with Crippen LogP contribution in [0, 0.1) is 5.92 Å². The van der Waals surface area contributed by atoms with Crippen molar-refractivity contribution in [1.82, 2.24) is 0 Å². The van der Waals surface area contributed by atoms with Crippen LogP contribution in [0.3, 0.4) is 0 Å². The van der Waals surface area contributed by atoms with E-state index >= 15 is 0 Å². The molecule has 4 nitrogen and oxygen atoms in total. The molecule has 1 aliphatic rings. The second-order valence-corrected chi connectivity index (χ2v) is 7.91. The lowest BCUT2D eigenvalue weighted by atomic mass is 9.73. The summed E-state index contributed by atoms with van der Waals surface area (Å²) < 4.78 is 0. The molecule has 0 saturated heterocycles. The molecule has 0 spiro atoms. The molecule has 1 saturated carbocycles. The highest BCUT2D eigenvalue weighted by Gasteiger charge is 2.34. The van der Waals surface area contributed by atoms with Crippen molar-refractivity contribution in [3.05, 3.63) is 69.2 Å². The van der Waals surface area contributed by atoms with Gasteiger partial charge in [0, 0.05) is 40.3 Å². The average Bonchev–Trinajstić information content (AvgIpc) is 2.67. The first-order valence-electron chi connectivity index (χ1n) is 9.21. The van der Waals surface area contributed by atoms with Crippen LogP contribution in [-0.2, 0) is 4.79 Å². The molecule has 1 aliphatic carbocycles. The van der Waals surface area contributed by atoms with E-state index < -0.39 is 11.9 Å². The number of rotatable bonds is 6. The lowest BCUT2D eigenvalue weighted by Gasteiger charge is -2.30. The zero-order valence-electron chi connectivity index (χ0n) is 15.2. The van der Waals surface area contributed by atoms with E-state index in [1.807, 2.05) is 0 Å². The van der Waals surface area contributed by atoms with Crippen LogP contribution in [0.5, 0.6) is 0 Å². The Morgan fingerprint density at radius 3 is 2.43 bits per heavy atom. The van der Waals surface area contributed by atoms with Crippen molar-refractivity contribution in [2.24, 2.45) is 5.92 Å². The molecule has 28 heavy (non-hydrogen) atoms. The van der Waals surface area contributed by atoms with E-state index in [-0.39, 0.29) is 35.0 Å². The number of carbonyl (C=O) groups excluding carboxylic acids is 2. The van der Waals surface area contributed by atoms with Gasteiger partial charge in [-0.1, -0.05) is 53.9 Å². The Kier molecular flexibility index (Phi) is 6.53. The monoisotopic (exact) mass is 418 g/mol. The summed E-state index contributed by atoms with van der Waals surface area (Å²) in [6.07, 6.45) is 2.97. The molecule has 1 N–H and O–H groups in total. The summed E-state index contributed by atoms with van der Waals surface area (Å²) in [4.78, 5) is 37.1. The molecule has 3 rings (SSSR count). The number of hydrogen-bond acceptors (Lipinski definition) is 3. The number of ketones is 2. The molecule has 2 aromatic carbocycles. The fourth-order valence-corrected chi connectivity index (χ4v) is 4.48.